The van der Waals surface area contributed by atoms with E-state index >= 15 is 0 Å². The van der Waals surface area contributed by atoms with E-state index < -0.39 is 7.14 Å². The van der Waals surface area contributed by atoms with Crippen molar-refractivity contribution >= 4 is 36.3 Å². The highest BCUT2D eigenvalue weighted by atomic mass is 35.5. The van der Waals surface area contributed by atoms with Crippen LogP contribution in [0, 0.1) is 0 Å². The van der Waals surface area contributed by atoms with Gasteiger partial charge in [0.25, 0.3) is 0 Å². The van der Waals surface area contributed by atoms with E-state index in [9.17, 15) is 9.36 Å². The summed E-state index contributed by atoms with van der Waals surface area (Å²) in [7, 11) is -2.49. The maximum atomic E-state index is 12.9. The highest BCUT2D eigenvalue weighted by Crippen LogP contribution is 2.55. The monoisotopic (exact) mass is 427 g/mol. The topological polar surface area (TPSA) is 46.6 Å². The molecule has 7 heteroatoms. The van der Waals surface area contributed by atoms with E-state index in [2.05, 4.69) is 0 Å². The number of nitrogens with zero attached hydrogens (tertiary/aromatic N) is 1. The number of carbonyl (C=O) groups is 1. The summed E-state index contributed by atoms with van der Waals surface area (Å²) < 4.78 is 12.9. The third kappa shape index (κ3) is 6.65. The van der Waals surface area contributed by atoms with Gasteiger partial charge in [-0.2, -0.15) is 0 Å². The maximum absolute atomic E-state index is 12.9. The first-order valence-electron chi connectivity index (χ1n) is 8.63. The predicted octanol–water partition coefficient (Wildman–Crippen LogP) is 6.03. The van der Waals surface area contributed by atoms with Gasteiger partial charge in [0.15, 0.2) is 0 Å². The summed E-state index contributed by atoms with van der Waals surface area (Å²) in [6, 6.07) is 14.9. The van der Waals surface area contributed by atoms with Crippen LogP contribution in [0.15, 0.2) is 48.5 Å². The van der Waals surface area contributed by atoms with E-state index in [0.717, 1.165) is 11.1 Å². The molecule has 1 atom stereocenters. The van der Waals surface area contributed by atoms with Crippen molar-refractivity contribution in [1.29, 1.82) is 0 Å². The molecule has 0 saturated heterocycles. The number of carbonyl (C=O) groups excluding carboxylic acids is 1. The van der Waals surface area contributed by atoms with Crippen molar-refractivity contribution in [2.45, 2.75) is 25.6 Å². The molecule has 2 rings (SSSR count). The molecule has 1 unspecified atom stereocenters. The van der Waals surface area contributed by atoms with Gasteiger partial charge < -0.3 is 4.57 Å². The van der Waals surface area contributed by atoms with Crippen LogP contribution in [0.25, 0.3) is 0 Å². The molecule has 0 aromatic heterocycles. The minimum atomic E-state index is -2.49. The van der Waals surface area contributed by atoms with Crippen LogP contribution in [-0.4, -0.2) is 30.8 Å². The highest BCUT2D eigenvalue weighted by Gasteiger charge is 2.27. The normalized spacial score (nSPS) is 12.6. The lowest BCUT2D eigenvalue weighted by Gasteiger charge is -2.26. The molecule has 4 nitrogen and oxygen atoms in total. The molecule has 0 spiro atoms. The second-order valence-electron chi connectivity index (χ2n) is 6.79. The summed E-state index contributed by atoms with van der Waals surface area (Å²) in [5.74, 6) is -0.194. The van der Waals surface area contributed by atoms with Crippen LogP contribution >= 0.6 is 30.3 Å². The van der Waals surface area contributed by atoms with Crippen molar-refractivity contribution < 1.29 is 14.2 Å². The van der Waals surface area contributed by atoms with Crippen LogP contribution in [-0.2, 0) is 20.8 Å². The predicted molar refractivity (Wildman–Crippen MR) is 112 cm³/mol. The Hall–Kier alpha value is -1.32. The molecule has 0 heterocycles. The number of rotatable bonds is 8. The molecular formula is C20H24Cl2NO3P. The first-order chi connectivity index (χ1) is 12.7. The zero-order valence-corrected chi connectivity index (χ0v) is 18.1. The van der Waals surface area contributed by atoms with Gasteiger partial charge in [-0.05, 0) is 43.0 Å². The van der Waals surface area contributed by atoms with Crippen LogP contribution in [0.1, 0.15) is 30.1 Å². The smallest absolute Gasteiger partial charge is 0.243 e. The number of benzene rings is 2. The highest BCUT2D eigenvalue weighted by molar-refractivity contribution is 7.62. The molecule has 0 aliphatic carbocycles. The third-order valence-electron chi connectivity index (χ3n) is 4.27. The Bertz CT molecular complexity index is 823. The summed E-state index contributed by atoms with van der Waals surface area (Å²) in [6.45, 7) is 5.56. The standard InChI is InChI=1S/C20H24Cl2NO3P/c1-15(24)23(26-14-16-7-5-4-6-8-16)12-11-20(27(2,3)25)17-9-10-18(21)19(22)13-17/h4-10,13,20H,11-12,14H2,1-3H3. The van der Waals surface area contributed by atoms with Gasteiger partial charge in [0, 0.05) is 19.1 Å². The van der Waals surface area contributed by atoms with Crippen molar-refractivity contribution in [1.82, 2.24) is 5.06 Å². The lowest BCUT2D eigenvalue weighted by molar-refractivity contribution is -0.189. The quantitative estimate of drug-likeness (QED) is 0.381. The summed E-state index contributed by atoms with van der Waals surface area (Å²) >= 11 is 12.1. The molecule has 0 radical (unpaired) electrons. The lowest BCUT2D eigenvalue weighted by Crippen LogP contribution is -2.30. The zero-order valence-electron chi connectivity index (χ0n) is 15.7. The van der Waals surface area contributed by atoms with Gasteiger partial charge in [-0.3, -0.25) is 9.63 Å². The van der Waals surface area contributed by atoms with Crippen LogP contribution in [0.5, 0.6) is 0 Å². The number of hydrogen-bond acceptors (Lipinski definition) is 3. The molecule has 0 aliphatic rings. The van der Waals surface area contributed by atoms with E-state index in [1.807, 2.05) is 36.4 Å². The van der Waals surface area contributed by atoms with Crippen molar-refractivity contribution in [3.8, 4) is 0 Å². The summed E-state index contributed by atoms with van der Waals surface area (Å²) in [5, 5.41) is 2.21. The van der Waals surface area contributed by atoms with Crippen molar-refractivity contribution in [2.24, 2.45) is 0 Å². The average Bonchev–Trinajstić information content (AvgIpc) is 2.60. The van der Waals surface area contributed by atoms with Crippen molar-refractivity contribution in [3.63, 3.8) is 0 Å². The van der Waals surface area contributed by atoms with Crippen molar-refractivity contribution in [2.75, 3.05) is 19.9 Å². The van der Waals surface area contributed by atoms with Crippen LogP contribution < -0.4 is 0 Å². The Morgan fingerprint density at radius 1 is 1.11 bits per heavy atom. The molecule has 0 aliphatic heterocycles. The molecule has 1 amide bonds. The minimum absolute atomic E-state index is 0.194. The van der Waals surface area contributed by atoms with E-state index in [-0.39, 0.29) is 11.6 Å². The van der Waals surface area contributed by atoms with Crippen LogP contribution in [0.3, 0.4) is 0 Å². The Labute approximate surface area is 170 Å². The first-order valence-corrected chi connectivity index (χ1v) is 12.1. The molecule has 0 bridgehead atoms. The number of hydrogen-bond donors (Lipinski definition) is 0. The van der Waals surface area contributed by atoms with Crippen LogP contribution in [0.4, 0.5) is 0 Å². The Morgan fingerprint density at radius 3 is 2.33 bits per heavy atom. The maximum Gasteiger partial charge on any atom is 0.243 e. The fourth-order valence-corrected chi connectivity index (χ4v) is 4.76. The van der Waals surface area contributed by atoms with E-state index in [1.54, 1.807) is 25.5 Å². The second-order valence-corrected chi connectivity index (χ2v) is 11.1. The van der Waals surface area contributed by atoms with Gasteiger partial charge in [0.2, 0.25) is 5.91 Å². The molecule has 0 fully saturated rings. The lowest BCUT2D eigenvalue weighted by atomic mass is 10.1. The van der Waals surface area contributed by atoms with Crippen molar-refractivity contribution in [3.05, 3.63) is 69.7 Å². The molecule has 27 heavy (non-hydrogen) atoms. The molecule has 146 valence electrons. The van der Waals surface area contributed by atoms with Crippen LogP contribution in [0.2, 0.25) is 10.0 Å². The van der Waals surface area contributed by atoms with Gasteiger partial charge in [-0.25, -0.2) is 5.06 Å². The molecule has 2 aromatic carbocycles. The van der Waals surface area contributed by atoms with Gasteiger partial charge >= 0.3 is 0 Å². The van der Waals surface area contributed by atoms with E-state index in [0.29, 0.717) is 29.6 Å². The summed E-state index contributed by atoms with van der Waals surface area (Å²) in [4.78, 5) is 17.6. The molecule has 0 N–H and O–H groups in total. The van der Waals surface area contributed by atoms with Gasteiger partial charge in [0.1, 0.15) is 6.61 Å². The second kappa shape index (κ2) is 9.75. The SMILES string of the molecule is CC(=O)N(CCC(c1ccc(Cl)c(Cl)c1)P(C)(C)=O)OCc1ccccc1. The number of hydroxylamine groups is 2. The van der Waals surface area contributed by atoms with E-state index in [4.69, 9.17) is 28.0 Å². The number of halogens is 2. The fourth-order valence-electron chi connectivity index (χ4n) is 2.84. The molecular weight excluding hydrogens is 404 g/mol. The first kappa shape index (κ1) is 22.0. The largest absolute Gasteiger partial charge is 0.323 e. The Morgan fingerprint density at radius 2 is 1.78 bits per heavy atom. The summed E-state index contributed by atoms with van der Waals surface area (Å²) in [5.41, 5.74) is 1.58. The van der Waals surface area contributed by atoms with Gasteiger partial charge in [-0.15, -0.1) is 0 Å². The Balaban J connectivity index is 2.10. The minimum Gasteiger partial charge on any atom is -0.323 e. The molecule has 0 saturated carbocycles. The fraction of sp³-hybridized carbons (Fsp3) is 0.350. The zero-order chi connectivity index (χ0) is 20.0. The summed E-state index contributed by atoms with van der Waals surface area (Å²) in [6.07, 6.45) is 0.497. The number of amides is 1. The average molecular weight is 428 g/mol. The van der Waals surface area contributed by atoms with E-state index in [1.165, 1.54) is 12.0 Å². The molecule has 2 aromatic rings. The Kier molecular flexibility index (Phi) is 7.93. The van der Waals surface area contributed by atoms with Gasteiger partial charge in [-0.1, -0.05) is 59.6 Å². The van der Waals surface area contributed by atoms with Gasteiger partial charge in [0.05, 0.1) is 17.2 Å². The third-order valence-corrected chi connectivity index (χ3v) is 7.06.